The third kappa shape index (κ3) is 3.59. The van der Waals surface area contributed by atoms with Crippen LogP contribution in [-0.2, 0) is 9.53 Å². The fourth-order valence-electron chi connectivity index (χ4n) is 4.75. The van der Waals surface area contributed by atoms with Crippen LogP contribution in [0.25, 0.3) is 0 Å². The van der Waals surface area contributed by atoms with E-state index in [0.29, 0.717) is 12.5 Å². The lowest BCUT2D eigenvalue weighted by molar-refractivity contribution is -0.143. The minimum Gasteiger partial charge on any atom is -0.481 e. The topological polar surface area (TPSA) is 49.8 Å². The number of ether oxygens (including phenoxy) is 1. The lowest BCUT2D eigenvalue weighted by Crippen LogP contribution is -2.54. The zero-order valence-electron chi connectivity index (χ0n) is 13.1. The van der Waals surface area contributed by atoms with E-state index in [9.17, 15) is 9.90 Å². The summed E-state index contributed by atoms with van der Waals surface area (Å²) in [7, 11) is 0. The molecule has 3 aliphatic rings. The van der Waals surface area contributed by atoms with Gasteiger partial charge in [-0.25, -0.2) is 0 Å². The van der Waals surface area contributed by atoms with E-state index in [4.69, 9.17) is 4.74 Å². The van der Waals surface area contributed by atoms with E-state index in [2.05, 4.69) is 4.90 Å². The molecule has 0 radical (unpaired) electrons. The number of piperidine rings is 1. The van der Waals surface area contributed by atoms with Crippen molar-refractivity contribution in [3.8, 4) is 0 Å². The summed E-state index contributed by atoms with van der Waals surface area (Å²) in [5.41, 5.74) is 0.117. The quantitative estimate of drug-likeness (QED) is 0.868. The van der Waals surface area contributed by atoms with Crippen molar-refractivity contribution < 1.29 is 14.6 Å². The average Bonchev–Trinajstić information content (AvgIpc) is 2.48. The van der Waals surface area contributed by atoms with Gasteiger partial charge in [-0.2, -0.15) is 0 Å². The molecular weight excluding hydrogens is 266 g/mol. The zero-order chi connectivity index (χ0) is 14.7. The molecule has 1 spiro atoms. The molecule has 3 rings (SSSR count). The minimum absolute atomic E-state index is 0.117. The minimum atomic E-state index is -0.647. The van der Waals surface area contributed by atoms with Gasteiger partial charge in [0.1, 0.15) is 0 Å². The Morgan fingerprint density at radius 3 is 2.71 bits per heavy atom. The van der Waals surface area contributed by atoms with Gasteiger partial charge in [0.25, 0.3) is 0 Å². The molecule has 0 aromatic carbocycles. The summed E-state index contributed by atoms with van der Waals surface area (Å²) < 4.78 is 6.20. The Kier molecular flexibility index (Phi) is 4.85. The van der Waals surface area contributed by atoms with Gasteiger partial charge in [0.2, 0.25) is 0 Å². The summed E-state index contributed by atoms with van der Waals surface area (Å²) in [6, 6.07) is 0.793. The molecule has 0 bridgehead atoms. The third-order valence-corrected chi connectivity index (χ3v) is 5.78. The van der Waals surface area contributed by atoms with E-state index in [-0.39, 0.29) is 11.6 Å². The van der Waals surface area contributed by atoms with Gasteiger partial charge in [0.15, 0.2) is 0 Å². The second-order valence-electron chi connectivity index (χ2n) is 7.22. The first-order chi connectivity index (χ1) is 10.2. The van der Waals surface area contributed by atoms with Crippen LogP contribution in [0.5, 0.6) is 0 Å². The van der Waals surface area contributed by atoms with Gasteiger partial charge >= 0.3 is 5.97 Å². The van der Waals surface area contributed by atoms with Crippen molar-refractivity contribution in [2.24, 2.45) is 0 Å². The largest absolute Gasteiger partial charge is 0.481 e. The molecule has 21 heavy (non-hydrogen) atoms. The summed E-state index contributed by atoms with van der Waals surface area (Å²) >= 11 is 0. The zero-order valence-corrected chi connectivity index (χ0v) is 13.1. The normalized spacial score (nSPS) is 33.9. The SMILES string of the molecule is O=C(O)CC1CCCCN1C1CCOC2(CCCCC2)C1. The summed E-state index contributed by atoms with van der Waals surface area (Å²) in [5, 5.41) is 9.17. The molecular formula is C17H29NO3. The van der Waals surface area contributed by atoms with E-state index < -0.39 is 5.97 Å². The number of rotatable bonds is 3. The Hall–Kier alpha value is -0.610. The smallest absolute Gasteiger partial charge is 0.304 e. The second-order valence-corrected chi connectivity index (χ2v) is 7.22. The molecule has 3 fully saturated rings. The highest BCUT2D eigenvalue weighted by atomic mass is 16.5. The summed E-state index contributed by atoms with van der Waals surface area (Å²) in [6.07, 6.45) is 12.3. The maximum atomic E-state index is 11.1. The molecule has 0 aromatic heterocycles. The number of hydrogen-bond donors (Lipinski definition) is 1. The van der Waals surface area contributed by atoms with E-state index >= 15 is 0 Å². The van der Waals surface area contributed by atoms with E-state index in [1.165, 1.54) is 44.9 Å². The Balaban J connectivity index is 1.67. The maximum Gasteiger partial charge on any atom is 0.304 e. The Labute approximate surface area is 127 Å². The standard InChI is InChI=1S/C17H29NO3/c19-16(20)12-14-6-2-5-10-18(14)15-7-11-21-17(13-15)8-3-1-4-9-17/h14-15H,1-13H2,(H,19,20). The number of likely N-dealkylation sites (tertiary alicyclic amines) is 1. The Bertz CT molecular complexity index is 360. The van der Waals surface area contributed by atoms with Crippen LogP contribution < -0.4 is 0 Å². The molecule has 4 nitrogen and oxygen atoms in total. The van der Waals surface area contributed by atoms with E-state index in [0.717, 1.165) is 32.4 Å². The molecule has 120 valence electrons. The number of aliphatic carboxylic acids is 1. The Morgan fingerprint density at radius 1 is 1.14 bits per heavy atom. The molecule has 1 saturated carbocycles. The van der Waals surface area contributed by atoms with Gasteiger partial charge in [-0.05, 0) is 45.1 Å². The Morgan fingerprint density at radius 2 is 1.95 bits per heavy atom. The molecule has 2 unspecified atom stereocenters. The highest BCUT2D eigenvalue weighted by molar-refractivity contribution is 5.67. The maximum absolute atomic E-state index is 11.1. The number of carboxylic acid groups (broad SMARTS) is 1. The summed E-state index contributed by atoms with van der Waals surface area (Å²) in [5.74, 6) is -0.647. The van der Waals surface area contributed by atoms with Gasteiger partial charge < -0.3 is 9.84 Å². The first-order valence-corrected chi connectivity index (χ1v) is 8.80. The predicted molar refractivity (Wildman–Crippen MR) is 81.4 cm³/mol. The van der Waals surface area contributed by atoms with Crippen LogP contribution in [0.3, 0.4) is 0 Å². The molecule has 0 aromatic rings. The van der Waals surface area contributed by atoms with Crippen molar-refractivity contribution in [1.29, 1.82) is 0 Å². The van der Waals surface area contributed by atoms with Crippen LogP contribution in [0.4, 0.5) is 0 Å². The van der Waals surface area contributed by atoms with Crippen LogP contribution in [0, 0.1) is 0 Å². The van der Waals surface area contributed by atoms with Gasteiger partial charge in [0, 0.05) is 18.7 Å². The number of carbonyl (C=O) groups is 1. The molecule has 1 N–H and O–H groups in total. The highest BCUT2D eigenvalue weighted by Crippen LogP contribution is 2.41. The van der Waals surface area contributed by atoms with Crippen LogP contribution in [-0.4, -0.2) is 46.8 Å². The molecule has 2 heterocycles. The molecule has 4 heteroatoms. The van der Waals surface area contributed by atoms with Crippen molar-refractivity contribution in [3.63, 3.8) is 0 Å². The van der Waals surface area contributed by atoms with Gasteiger partial charge in [-0.3, -0.25) is 9.69 Å². The predicted octanol–water partition coefficient (Wildman–Crippen LogP) is 3.20. The fourth-order valence-corrected chi connectivity index (χ4v) is 4.75. The molecule has 2 atom stereocenters. The van der Waals surface area contributed by atoms with Crippen LogP contribution >= 0.6 is 0 Å². The average molecular weight is 295 g/mol. The van der Waals surface area contributed by atoms with Crippen molar-refractivity contribution in [3.05, 3.63) is 0 Å². The molecule has 2 aliphatic heterocycles. The first-order valence-electron chi connectivity index (χ1n) is 8.80. The second kappa shape index (κ2) is 6.66. The lowest BCUT2D eigenvalue weighted by atomic mass is 9.77. The van der Waals surface area contributed by atoms with Crippen LogP contribution in [0.2, 0.25) is 0 Å². The first kappa shape index (κ1) is 15.3. The van der Waals surface area contributed by atoms with Crippen LogP contribution in [0.15, 0.2) is 0 Å². The summed E-state index contributed by atoms with van der Waals surface area (Å²) in [6.45, 7) is 1.94. The van der Waals surface area contributed by atoms with Gasteiger partial charge in [0.05, 0.1) is 12.0 Å². The lowest BCUT2D eigenvalue weighted by Gasteiger charge is -2.49. The highest BCUT2D eigenvalue weighted by Gasteiger charge is 2.42. The van der Waals surface area contributed by atoms with Crippen molar-refractivity contribution in [1.82, 2.24) is 4.90 Å². The van der Waals surface area contributed by atoms with Gasteiger partial charge in [-0.15, -0.1) is 0 Å². The third-order valence-electron chi connectivity index (χ3n) is 5.78. The van der Waals surface area contributed by atoms with Crippen LogP contribution in [0.1, 0.15) is 70.6 Å². The molecule has 2 saturated heterocycles. The van der Waals surface area contributed by atoms with E-state index in [1.54, 1.807) is 0 Å². The number of carboxylic acids is 1. The molecule has 1 aliphatic carbocycles. The van der Waals surface area contributed by atoms with Crippen molar-refractivity contribution in [2.75, 3.05) is 13.2 Å². The summed E-state index contributed by atoms with van der Waals surface area (Å²) in [4.78, 5) is 13.7. The monoisotopic (exact) mass is 295 g/mol. The van der Waals surface area contributed by atoms with E-state index in [1.807, 2.05) is 0 Å². The number of hydrogen-bond acceptors (Lipinski definition) is 3. The molecule has 0 amide bonds. The van der Waals surface area contributed by atoms with Gasteiger partial charge in [-0.1, -0.05) is 25.7 Å². The number of nitrogens with zero attached hydrogens (tertiary/aromatic N) is 1. The fraction of sp³-hybridized carbons (Fsp3) is 0.941. The van der Waals surface area contributed by atoms with Crippen molar-refractivity contribution in [2.45, 2.75) is 88.3 Å². The van der Waals surface area contributed by atoms with Crippen molar-refractivity contribution >= 4 is 5.97 Å².